The van der Waals surface area contributed by atoms with Crippen molar-refractivity contribution in [2.45, 2.75) is 6.92 Å². The molecule has 0 atom stereocenters. The molecule has 0 radical (unpaired) electrons. The van der Waals surface area contributed by atoms with Crippen molar-refractivity contribution in [3.05, 3.63) is 27.0 Å². The number of hydrogen-bond donors (Lipinski definition) is 1. The van der Waals surface area contributed by atoms with Crippen molar-refractivity contribution in [3.8, 4) is 0 Å². The largest absolute Gasteiger partial charge is 0.461 e. The number of nitrogens with two attached hydrogens (primary N) is 1. The molecule has 1 rings (SSSR count). The van der Waals surface area contributed by atoms with Crippen molar-refractivity contribution in [2.75, 3.05) is 6.61 Å². The van der Waals surface area contributed by atoms with Crippen LogP contribution >= 0.6 is 22.9 Å². The van der Waals surface area contributed by atoms with Crippen molar-refractivity contribution < 1.29 is 9.53 Å². The number of hydrogen-bond acceptors (Lipinski definition) is 4. The Bertz CT molecular complexity index is 359. The first-order valence-corrected chi connectivity index (χ1v) is 5.22. The number of esters is 1. The Balaban J connectivity index is 2.73. The van der Waals surface area contributed by atoms with Gasteiger partial charge < -0.3 is 10.5 Å². The van der Waals surface area contributed by atoms with E-state index in [-0.39, 0.29) is 5.70 Å². The van der Waals surface area contributed by atoms with Gasteiger partial charge in [-0.15, -0.1) is 11.3 Å². The van der Waals surface area contributed by atoms with E-state index in [0.29, 0.717) is 10.9 Å². The Kier molecular flexibility index (Phi) is 3.98. The zero-order chi connectivity index (χ0) is 10.6. The highest BCUT2D eigenvalue weighted by atomic mass is 35.5. The van der Waals surface area contributed by atoms with Crippen molar-refractivity contribution in [1.29, 1.82) is 0 Å². The second-order valence-corrected chi connectivity index (χ2v) is 4.21. The lowest BCUT2D eigenvalue weighted by atomic mass is 10.3. The topological polar surface area (TPSA) is 52.3 Å². The number of halogens is 1. The Morgan fingerprint density at radius 2 is 2.43 bits per heavy atom. The van der Waals surface area contributed by atoms with Crippen LogP contribution < -0.4 is 5.73 Å². The maximum atomic E-state index is 11.1. The highest BCUT2D eigenvalue weighted by Crippen LogP contribution is 2.22. The normalized spacial score (nSPS) is 11.4. The van der Waals surface area contributed by atoms with Gasteiger partial charge in [-0.3, -0.25) is 0 Å². The van der Waals surface area contributed by atoms with Gasteiger partial charge in [0.15, 0.2) is 0 Å². The van der Waals surface area contributed by atoms with Crippen molar-refractivity contribution in [2.24, 2.45) is 5.73 Å². The minimum absolute atomic E-state index is 0.0883. The number of rotatable bonds is 3. The van der Waals surface area contributed by atoms with E-state index in [0.717, 1.165) is 4.88 Å². The molecule has 0 aromatic carbocycles. The zero-order valence-electron chi connectivity index (χ0n) is 7.62. The van der Waals surface area contributed by atoms with Crippen LogP contribution in [0.1, 0.15) is 11.8 Å². The van der Waals surface area contributed by atoms with Gasteiger partial charge in [-0.1, -0.05) is 11.6 Å². The van der Waals surface area contributed by atoms with Crippen LogP contribution in [0.4, 0.5) is 0 Å². The first-order chi connectivity index (χ1) is 6.63. The molecule has 1 aromatic heterocycles. The Hall–Kier alpha value is -1.000. The Morgan fingerprint density at radius 3 is 2.93 bits per heavy atom. The molecular weight excluding hydrogens is 222 g/mol. The monoisotopic (exact) mass is 231 g/mol. The third-order valence-electron chi connectivity index (χ3n) is 1.40. The maximum Gasteiger partial charge on any atom is 0.354 e. The number of carbonyl (C=O) groups is 1. The molecule has 76 valence electrons. The summed E-state index contributed by atoms with van der Waals surface area (Å²) in [5, 5.41) is 0. The summed E-state index contributed by atoms with van der Waals surface area (Å²) in [6.45, 7) is 2.05. The lowest BCUT2D eigenvalue weighted by molar-refractivity contribution is -0.138. The average Bonchev–Trinajstić information content (AvgIpc) is 2.51. The fourth-order valence-electron chi connectivity index (χ4n) is 0.832. The van der Waals surface area contributed by atoms with Crippen LogP contribution in [0, 0.1) is 0 Å². The van der Waals surface area contributed by atoms with Crippen LogP contribution in [-0.2, 0) is 9.53 Å². The van der Waals surface area contributed by atoms with Crippen molar-refractivity contribution in [1.82, 2.24) is 0 Å². The average molecular weight is 232 g/mol. The molecule has 0 fully saturated rings. The van der Waals surface area contributed by atoms with Crippen LogP contribution in [0.2, 0.25) is 4.34 Å². The van der Waals surface area contributed by atoms with Gasteiger partial charge in [0.25, 0.3) is 0 Å². The van der Waals surface area contributed by atoms with E-state index in [1.807, 2.05) is 0 Å². The van der Waals surface area contributed by atoms with E-state index in [2.05, 4.69) is 0 Å². The minimum Gasteiger partial charge on any atom is -0.461 e. The predicted molar refractivity (Wildman–Crippen MR) is 58.1 cm³/mol. The quantitative estimate of drug-likeness (QED) is 0.641. The Labute approximate surface area is 91.1 Å². The molecule has 14 heavy (non-hydrogen) atoms. The molecular formula is C9H10ClNO2S. The first kappa shape index (κ1) is 11.1. The van der Waals surface area contributed by atoms with E-state index < -0.39 is 5.97 Å². The van der Waals surface area contributed by atoms with Crippen LogP contribution in [-0.4, -0.2) is 12.6 Å². The van der Waals surface area contributed by atoms with E-state index in [1.54, 1.807) is 25.1 Å². The summed E-state index contributed by atoms with van der Waals surface area (Å²) in [6.07, 6.45) is 1.55. The van der Waals surface area contributed by atoms with Crippen LogP contribution in [0.25, 0.3) is 6.08 Å². The first-order valence-electron chi connectivity index (χ1n) is 4.03. The number of ether oxygens (including phenoxy) is 1. The van der Waals surface area contributed by atoms with Crippen molar-refractivity contribution >= 4 is 35.0 Å². The summed E-state index contributed by atoms with van der Waals surface area (Å²) in [5.41, 5.74) is 5.58. The fraction of sp³-hybridized carbons (Fsp3) is 0.222. The molecule has 0 bridgehead atoms. The summed E-state index contributed by atoms with van der Waals surface area (Å²) in [7, 11) is 0. The summed E-state index contributed by atoms with van der Waals surface area (Å²) in [4.78, 5) is 11.9. The molecule has 0 aliphatic carbocycles. The van der Waals surface area contributed by atoms with Gasteiger partial charge >= 0.3 is 5.97 Å². The van der Waals surface area contributed by atoms with Crippen LogP contribution in [0.5, 0.6) is 0 Å². The highest BCUT2D eigenvalue weighted by molar-refractivity contribution is 7.17. The molecule has 0 aliphatic heterocycles. The fourth-order valence-corrected chi connectivity index (χ4v) is 1.85. The molecule has 3 nitrogen and oxygen atoms in total. The van der Waals surface area contributed by atoms with Crippen LogP contribution in [0.15, 0.2) is 17.8 Å². The number of thiophene rings is 1. The number of carbonyl (C=O) groups excluding carboxylic acids is 1. The standard InChI is InChI=1S/C9H10ClNO2S/c1-2-13-9(12)7(11)5-6-3-4-8(10)14-6/h3-5H,2,11H2,1H3/b7-5+. The molecule has 1 heterocycles. The van der Waals surface area contributed by atoms with E-state index in [9.17, 15) is 4.79 Å². The highest BCUT2D eigenvalue weighted by Gasteiger charge is 2.05. The Morgan fingerprint density at radius 1 is 1.71 bits per heavy atom. The second kappa shape index (κ2) is 5.02. The van der Waals surface area contributed by atoms with Gasteiger partial charge in [-0.25, -0.2) is 4.79 Å². The lowest BCUT2D eigenvalue weighted by Gasteiger charge is -1.99. The molecule has 0 amide bonds. The lowest BCUT2D eigenvalue weighted by Crippen LogP contribution is -2.14. The van der Waals surface area contributed by atoms with E-state index in [4.69, 9.17) is 22.1 Å². The smallest absolute Gasteiger partial charge is 0.354 e. The van der Waals surface area contributed by atoms with E-state index >= 15 is 0 Å². The summed E-state index contributed by atoms with van der Waals surface area (Å²) in [5.74, 6) is -0.503. The molecule has 0 saturated heterocycles. The summed E-state index contributed by atoms with van der Waals surface area (Å²) in [6, 6.07) is 3.54. The van der Waals surface area contributed by atoms with Gasteiger partial charge in [0, 0.05) is 4.88 Å². The summed E-state index contributed by atoms with van der Waals surface area (Å²) < 4.78 is 5.38. The summed E-state index contributed by atoms with van der Waals surface area (Å²) >= 11 is 7.07. The second-order valence-electron chi connectivity index (χ2n) is 2.46. The third kappa shape index (κ3) is 3.05. The molecule has 0 unspecified atom stereocenters. The van der Waals surface area contributed by atoms with Gasteiger partial charge in [0.05, 0.1) is 10.9 Å². The third-order valence-corrected chi connectivity index (χ3v) is 2.58. The van der Waals surface area contributed by atoms with Crippen molar-refractivity contribution in [3.63, 3.8) is 0 Å². The van der Waals surface area contributed by atoms with Gasteiger partial charge in [0.2, 0.25) is 0 Å². The van der Waals surface area contributed by atoms with E-state index in [1.165, 1.54) is 11.3 Å². The minimum atomic E-state index is -0.503. The molecule has 0 saturated carbocycles. The SMILES string of the molecule is CCOC(=O)/C(N)=C\c1ccc(Cl)s1. The van der Waals surface area contributed by atoms with Gasteiger partial charge in [-0.2, -0.15) is 0 Å². The maximum absolute atomic E-state index is 11.1. The molecule has 0 aliphatic rings. The van der Waals surface area contributed by atoms with Gasteiger partial charge in [0.1, 0.15) is 5.70 Å². The molecule has 0 spiro atoms. The van der Waals surface area contributed by atoms with Crippen LogP contribution in [0.3, 0.4) is 0 Å². The molecule has 5 heteroatoms. The molecule has 1 aromatic rings. The zero-order valence-corrected chi connectivity index (χ0v) is 9.19. The van der Waals surface area contributed by atoms with Gasteiger partial charge in [-0.05, 0) is 25.1 Å². The predicted octanol–water partition coefficient (Wildman–Crippen LogP) is 2.26. The molecule has 2 N–H and O–H groups in total.